The van der Waals surface area contributed by atoms with Crippen LogP contribution in [0, 0.1) is 0 Å². The van der Waals surface area contributed by atoms with E-state index in [0.717, 1.165) is 35.7 Å². The molecule has 1 aliphatic heterocycles. The highest BCUT2D eigenvalue weighted by molar-refractivity contribution is 6.30. The number of aliphatic imine (C=N–C) groups is 1. The van der Waals surface area contributed by atoms with Gasteiger partial charge in [0.25, 0.3) is 0 Å². The van der Waals surface area contributed by atoms with Crippen molar-refractivity contribution in [2.24, 2.45) is 4.99 Å². The maximum absolute atomic E-state index is 5.92. The van der Waals surface area contributed by atoms with Gasteiger partial charge in [-0.3, -0.25) is 4.99 Å². The van der Waals surface area contributed by atoms with Crippen molar-refractivity contribution >= 4 is 23.2 Å². The number of aromatic nitrogens is 2. The second kappa shape index (κ2) is 10.2. The van der Waals surface area contributed by atoms with E-state index in [1.165, 1.54) is 0 Å². The molecule has 31 heavy (non-hydrogen) atoms. The summed E-state index contributed by atoms with van der Waals surface area (Å²) in [7, 11) is 0. The van der Waals surface area contributed by atoms with Gasteiger partial charge in [0.1, 0.15) is 0 Å². The van der Waals surface area contributed by atoms with Gasteiger partial charge in [0.15, 0.2) is 17.5 Å². The predicted molar refractivity (Wildman–Crippen MR) is 120 cm³/mol. The first-order valence-corrected chi connectivity index (χ1v) is 10.6. The van der Waals surface area contributed by atoms with E-state index >= 15 is 0 Å². The summed E-state index contributed by atoms with van der Waals surface area (Å²) >= 11 is 5.92. The van der Waals surface area contributed by atoms with Crippen LogP contribution in [0.1, 0.15) is 19.2 Å². The zero-order chi connectivity index (χ0) is 21.5. The molecule has 0 unspecified atom stereocenters. The normalized spacial score (nSPS) is 13.5. The number of rotatable bonds is 6. The molecule has 0 radical (unpaired) electrons. The van der Waals surface area contributed by atoms with E-state index in [-0.39, 0.29) is 0 Å². The molecule has 8 nitrogen and oxygen atoms in total. The maximum atomic E-state index is 5.92. The van der Waals surface area contributed by atoms with Crippen molar-refractivity contribution in [3.05, 3.63) is 53.4 Å². The number of guanidine groups is 1. The summed E-state index contributed by atoms with van der Waals surface area (Å²) in [5, 5.41) is 11.2. The lowest BCUT2D eigenvalue weighted by Crippen LogP contribution is -2.30. The Morgan fingerprint density at radius 1 is 1.10 bits per heavy atom. The minimum atomic E-state index is 0.488. The summed E-state index contributed by atoms with van der Waals surface area (Å²) in [4.78, 5) is 9.04. The van der Waals surface area contributed by atoms with Gasteiger partial charge in [0, 0.05) is 41.7 Å². The number of ether oxygens (including phenoxy) is 2. The molecule has 0 fully saturated rings. The largest absolute Gasteiger partial charge is 0.490 e. The van der Waals surface area contributed by atoms with Crippen LogP contribution in [0.4, 0.5) is 5.69 Å². The highest BCUT2D eigenvalue weighted by Gasteiger charge is 2.12. The smallest absolute Gasteiger partial charge is 0.228 e. The molecule has 0 atom stereocenters. The summed E-state index contributed by atoms with van der Waals surface area (Å²) in [6, 6.07) is 13.1. The standard InChI is InChI=1S/C22H24ClN5O3/c1-2-24-22(26-17-8-9-18-19(14-17)30-13-3-12-29-18)25-11-10-20-27-21(28-31-20)15-4-6-16(23)7-5-15/h4-9,14H,2-3,10-13H2,1H3,(H2,24,25,26). The molecule has 0 amide bonds. The Hall–Kier alpha value is -3.26. The number of fused-ring (bicyclic) bond motifs is 1. The van der Waals surface area contributed by atoms with Crippen molar-refractivity contribution in [2.75, 3.05) is 31.6 Å². The lowest BCUT2D eigenvalue weighted by atomic mass is 10.2. The average molecular weight is 442 g/mol. The second-order valence-corrected chi connectivity index (χ2v) is 7.30. The fourth-order valence-electron chi connectivity index (χ4n) is 3.02. The van der Waals surface area contributed by atoms with Crippen molar-refractivity contribution in [3.63, 3.8) is 0 Å². The van der Waals surface area contributed by atoms with Crippen LogP contribution in [0.5, 0.6) is 11.5 Å². The Balaban J connectivity index is 1.38. The molecule has 9 heteroatoms. The molecule has 0 bridgehead atoms. The van der Waals surface area contributed by atoms with E-state index in [0.29, 0.717) is 48.9 Å². The monoisotopic (exact) mass is 441 g/mol. The van der Waals surface area contributed by atoms with E-state index in [1.54, 1.807) is 12.1 Å². The Kier molecular flexibility index (Phi) is 6.89. The topological polar surface area (TPSA) is 93.8 Å². The third kappa shape index (κ3) is 5.67. The van der Waals surface area contributed by atoms with E-state index in [2.05, 4.69) is 25.8 Å². The number of nitrogens with one attached hydrogen (secondary N) is 2. The third-order valence-electron chi connectivity index (χ3n) is 4.52. The minimum Gasteiger partial charge on any atom is -0.490 e. The summed E-state index contributed by atoms with van der Waals surface area (Å²) < 4.78 is 16.8. The average Bonchev–Trinajstić information content (AvgIpc) is 3.11. The zero-order valence-electron chi connectivity index (χ0n) is 17.2. The fourth-order valence-corrected chi connectivity index (χ4v) is 3.15. The van der Waals surface area contributed by atoms with Crippen molar-refractivity contribution in [3.8, 4) is 22.9 Å². The van der Waals surface area contributed by atoms with E-state index in [9.17, 15) is 0 Å². The molecule has 4 rings (SSSR count). The molecule has 2 heterocycles. The molecule has 0 aliphatic carbocycles. The van der Waals surface area contributed by atoms with Crippen molar-refractivity contribution in [1.82, 2.24) is 15.5 Å². The summed E-state index contributed by atoms with van der Waals surface area (Å²) in [6.07, 6.45) is 1.40. The van der Waals surface area contributed by atoms with Crippen molar-refractivity contribution in [2.45, 2.75) is 19.8 Å². The number of anilines is 1. The van der Waals surface area contributed by atoms with Crippen molar-refractivity contribution in [1.29, 1.82) is 0 Å². The fraction of sp³-hybridized carbons (Fsp3) is 0.318. The lowest BCUT2D eigenvalue weighted by Gasteiger charge is -2.13. The highest BCUT2D eigenvalue weighted by atomic mass is 35.5. The summed E-state index contributed by atoms with van der Waals surface area (Å²) in [6.45, 7) is 4.55. The van der Waals surface area contributed by atoms with Gasteiger partial charge < -0.3 is 24.6 Å². The Bertz CT molecular complexity index is 1040. The molecular formula is C22H24ClN5O3. The van der Waals surface area contributed by atoms with Gasteiger partial charge in [0.2, 0.25) is 11.7 Å². The molecule has 0 saturated heterocycles. The second-order valence-electron chi connectivity index (χ2n) is 6.87. The van der Waals surface area contributed by atoms with E-state index < -0.39 is 0 Å². The molecular weight excluding hydrogens is 418 g/mol. The van der Waals surface area contributed by atoms with Gasteiger partial charge in [-0.1, -0.05) is 16.8 Å². The molecule has 2 N–H and O–H groups in total. The van der Waals surface area contributed by atoms with Gasteiger partial charge in [-0.15, -0.1) is 0 Å². The van der Waals surface area contributed by atoms with Crippen LogP contribution in [-0.2, 0) is 6.42 Å². The first kappa shape index (κ1) is 21.0. The lowest BCUT2D eigenvalue weighted by molar-refractivity contribution is 0.297. The van der Waals surface area contributed by atoms with Crippen molar-refractivity contribution < 1.29 is 14.0 Å². The van der Waals surface area contributed by atoms with E-state index in [4.69, 9.17) is 25.6 Å². The van der Waals surface area contributed by atoms with Gasteiger partial charge in [0.05, 0.1) is 19.8 Å². The molecule has 0 saturated carbocycles. The molecule has 0 spiro atoms. The number of hydrogen-bond acceptors (Lipinski definition) is 6. The van der Waals surface area contributed by atoms with Crippen LogP contribution in [0.3, 0.4) is 0 Å². The quantitative estimate of drug-likeness (QED) is 0.438. The molecule has 2 aromatic carbocycles. The SMILES string of the molecule is CCNC(=NCCc1nc(-c2ccc(Cl)cc2)no1)Nc1ccc2c(c1)OCCCO2. The number of benzene rings is 2. The minimum absolute atomic E-state index is 0.488. The molecule has 3 aromatic rings. The van der Waals surface area contributed by atoms with E-state index in [1.807, 2.05) is 37.3 Å². The van der Waals surface area contributed by atoms with Crippen LogP contribution < -0.4 is 20.1 Å². The third-order valence-corrected chi connectivity index (χ3v) is 4.77. The van der Waals surface area contributed by atoms with Gasteiger partial charge in [-0.2, -0.15) is 4.98 Å². The van der Waals surface area contributed by atoms with Crippen LogP contribution in [0.15, 0.2) is 52.0 Å². The summed E-state index contributed by atoms with van der Waals surface area (Å²) in [5.74, 6) is 3.22. The maximum Gasteiger partial charge on any atom is 0.228 e. The van der Waals surface area contributed by atoms with Gasteiger partial charge in [-0.25, -0.2) is 0 Å². The molecule has 162 valence electrons. The van der Waals surface area contributed by atoms with Crippen LogP contribution in [0.25, 0.3) is 11.4 Å². The number of nitrogens with zero attached hydrogens (tertiary/aromatic N) is 3. The van der Waals surface area contributed by atoms with Crippen LogP contribution in [0.2, 0.25) is 5.02 Å². The summed E-state index contributed by atoms with van der Waals surface area (Å²) in [5.41, 5.74) is 1.72. The first-order valence-electron chi connectivity index (χ1n) is 10.2. The Labute approximate surface area is 185 Å². The number of hydrogen-bond donors (Lipinski definition) is 2. The molecule has 1 aromatic heterocycles. The zero-order valence-corrected chi connectivity index (χ0v) is 18.0. The van der Waals surface area contributed by atoms with Gasteiger partial charge >= 0.3 is 0 Å². The van der Waals surface area contributed by atoms with Crippen LogP contribution >= 0.6 is 11.6 Å². The highest BCUT2D eigenvalue weighted by Crippen LogP contribution is 2.32. The number of halogens is 1. The Morgan fingerprint density at radius 2 is 1.90 bits per heavy atom. The van der Waals surface area contributed by atoms with Gasteiger partial charge in [-0.05, 0) is 43.3 Å². The Morgan fingerprint density at radius 3 is 2.71 bits per heavy atom. The molecule has 1 aliphatic rings. The first-order chi connectivity index (χ1) is 15.2. The predicted octanol–water partition coefficient (Wildman–Crippen LogP) is 4.17. The van der Waals surface area contributed by atoms with Crippen LogP contribution in [-0.4, -0.2) is 42.4 Å².